The van der Waals surface area contributed by atoms with E-state index in [0.717, 1.165) is 22.2 Å². The number of benzene rings is 2. The fourth-order valence-electron chi connectivity index (χ4n) is 3.23. The molecule has 5 rings (SSSR count). The van der Waals surface area contributed by atoms with Gasteiger partial charge in [-0.1, -0.05) is 48.5 Å². The molecule has 0 bridgehead atoms. The normalized spacial score (nSPS) is 11.5. The van der Waals surface area contributed by atoms with Gasteiger partial charge < -0.3 is 14.5 Å². The van der Waals surface area contributed by atoms with E-state index in [1.54, 1.807) is 9.08 Å². The second-order valence-corrected chi connectivity index (χ2v) is 6.00. The second kappa shape index (κ2) is 5.38. The van der Waals surface area contributed by atoms with Crippen molar-refractivity contribution in [2.45, 2.75) is 6.54 Å². The maximum atomic E-state index is 11.2. The molecule has 0 fully saturated rings. The van der Waals surface area contributed by atoms with E-state index in [-0.39, 0.29) is 6.54 Å². The highest BCUT2D eigenvalue weighted by Gasteiger charge is 2.16. The Labute approximate surface area is 147 Å². The third-order valence-corrected chi connectivity index (χ3v) is 4.36. The van der Waals surface area contributed by atoms with Gasteiger partial charge in [0.05, 0.1) is 29.9 Å². The van der Waals surface area contributed by atoms with E-state index in [1.807, 2.05) is 60.8 Å². The molecule has 7 nitrogen and oxygen atoms in total. The summed E-state index contributed by atoms with van der Waals surface area (Å²) in [5.41, 5.74) is 3.59. The molecule has 3 aromatic heterocycles. The number of para-hydroxylation sites is 1. The topological polar surface area (TPSA) is 88.1 Å². The molecule has 0 radical (unpaired) electrons. The molecule has 0 aliphatic heterocycles. The van der Waals surface area contributed by atoms with Crippen molar-refractivity contribution in [2.24, 2.45) is 0 Å². The Morgan fingerprint density at radius 1 is 1.00 bits per heavy atom. The van der Waals surface area contributed by atoms with Crippen molar-refractivity contribution in [2.75, 3.05) is 0 Å². The van der Waals surface area contributed by atoms with Gasteiger partial charge in [-0.15, -0.1) is 0 Å². The van der Waals surface area contributed by atoms with Crippen LogP contribution in [0.5, 0.6) is 0 Å². The molecule has 2 aromatic carbocycles. The molecule has 26 heavy (non-hydrogen) atoms. The van der Waals surface area contributed by atoms with Crippen LogP contribution in [0.4, 0.5) is 0 Å². The number of imidazole rings is 1. The summed E-state index contributed by atoms with van der Waals surface area (Å²) in [5, 5.41) is 16.7. The van der Waals surface area contributed by atoms with Crippen LogP contribution in [0.1, 0.15) is 0 Å². The maximum absolute atomic E-state index is 11.2. The van der Waals surface area contributed by atoms with Crippen molar-refractivity contribution in [3.05, 3.63) is 60.8 Å². The highest BCUT2D eigenvalue weighted by molar-refractivity contribution is 6.04. The summed E-state index contributed by atoms with van der Waals surface area (Å²) in [4.78, 5) is 20.3. The average Bonchev–Trinajstić information content (AvgIpc) is 3.20. The molecular weight excluding hydrogens is 330 g/mol. The maximum Gasteiger partial charge on any atom is 0.253 e. The fraction of sp³-hybridized carbons (Fsp3) is 0.0526. The van der Waals surface area contributed by atoms with Crippen LogP contribution in [0.2, 0.25) is 0 Å². The van der Waals surface area contributed by atoms with Gasteiger partial charge in [0.1, 0.15) is 5.52 Å². The Kier molecular flexibility index (Phi) is 3.02. The molecular formula is C19H12N5O2-. The van der Waals surface area contributed by atoms with E-state index < -0.39 is 5.97 Å². The van der Waals surface area contributed by atoms with Crippen LogP contribution in [-0.2, 0) is 11.3 Å². The third-order valence-electron chi connectivity index (χ3n) is 4.36. The Morgan fingerprint density at radius 3 is 2.58 bits per heavy atom. The number of nitrogens with zero attached hydrogens (tertiary/aromatic N) is 5. The van der Waals surface area contributed by atoms with E-state index in [9.17, 15) is 9.90 Å². The van der Waals surface area contributed by atoms with Crippen LogP contribution in [-0.4, -0.2) is 30.1 Å². The van der Waals surface area contributed by atoms with Gasteiger partial charge >= 0.3 is 0 Å². The number of carbonyl (C=O) groups excluding carboxylic acids is 1. The Bertz CT molecular complexity index is 1290. The van der Waals surface area contributed by atoms with Gasteiger partial charge in [-0.05, 0) is 6.07 Å². The Hall–Kier alpha value is -3.74. The van der Waals surface area contributed by atoms with Gasteiger partial charge in [-0.2, -0.15) is 10.1 Å². The molecule has 0 spiro atoms. The van der Waals surface area contributed by atoms with Gasteiger partial charge in [0.25, 0.3) is 5.78 Å². The summed E-state index contributed by atoms with van der Waals surface area (Å²) in [6, 6.07) is 17.3. The van der Waals surface area contributed by atoms with Crippen molar-refractivity contribution in [1.29, 1.82) is 0 Å². The van der Waals surface area contributed by atoms with Crippen LogP contribution in [0.3, 0.4) is 0 Å². The van der Waals surface area contributed by atoms with Gasteiger partial charge in [-0.3, -0.25) is 0 Å². The first-order valence-corrected chi connectivity index (χ1v) is 8.10. The predicted octanol–water partition coefficient (Wildman–Crippen LogP) is 1.65. The highest BCUT2D eigenvalue weighted by Crippen LogP contribution is 2.27. The van der Waals surface area contributed by atoms with E-state index in [1.165, 1.54) is 0 Å². The summed E-state index contributed by atoms with van der Waals surface area (Å²) >= 11 is 0. The lowest BCUT2D eigenvalue weighted by atomic mass is 10.2. The van der Waals surface area contributed by atoms with Crippen LogP contribution in [0.25, 0.3) is 39.1 Å². The number of carboxylic acids is 1. The molecule has 0 N–H and O–H groups in total. The molecule has 0 aliphatic rings. The zero-order valence-corrected chi connectivity index (χ0v) is 13.5. The summed E-state index contributed by atoms with van der Waals surface area (Å²) < 4.78 is 3.23. The van der Waals surface area contributed by atoms with Crippen LogP contribution in [0, 0.1) is 0 Å². The smallest absolute Gasteiger partial charge is 0.253 e. The van der Waals surface area contributed by atoms with Crippen molar-refractivity contribution in [1.82, 2.24) is 24.1 Å². The molecule has 0 saturated carbocycles. The number of fused-ring (bicyclic) bond motifs is 4. The average molecular weight is 342 g/mol. The summed E-state index contributed by atoms with van der Waals surface area (Å²) in [5.74, 6) is -0.763. The van der Waals surface area contributed by atoms with Crippen LogP contribution in [0.15, 0.2) is 60.8 Å². The summed E-state index contributed by atoms with van der Waals surface area (Å²) in [6.07, 6.45) is 1.82. The summed E-state index contributed by atoms with van der Waals surface area (Å²) in [7, 11) is 0. The monoisotopic (exact) mass is 342 g/mol. The minimum absolute atomic E-state index is 0.291. The van der Waals surface area contributed by atoms with Crippen LogP contribution >= 0.6 is 0 Å². The quantitative estimate of drug-likeness (QED) is 0.497. The first-order valence-electron chi connectivity index (χ1n) is 8.10. The lowest BCUT2D eigenvalue weighted by Crippen LogP contribution is -2.27. The molecule has 3 heterocycles. The molecule has 5 aromatic rings. The number of carbonyl (C=O) groups is 1. The van der Waals surface area contributed by atoms with Crippen molar-refractivity contribution >= 4 is 33.8 Å². The number of aliphatic carboxylic acids is 1. The lowest BCUT2D eigenvalue weighted by Gasteiger charge is -2.06. The van der Waals surface area contributed by atoms with Gasteiger partial charge in [0.2, 0.25) is 0 Å². The fourth-order valence-corrected chi connectivity index (χ4v) is 3.23. The van der Waals surface area contributed by atoms with E-state index in [2.05, 4.69) is 15.1 Å². The lowest BCUT2D eigenvalue weighted by molar-refractivity contribution is -0.306. The van der Waals surface area contributed by atoms with Crippen molar-refractivity contribution < 1.29 is 9.90 Å². The minimum atomic E-state index is -1.18. The third kappa shape index (κ3) is 2.14. The largest absolute Gasteiger partial charge is 0.548 e. The second-order valence-electron chi connectivity index (χ2n) is 6.00. The number of rotatable bonds is 3. The first kappa shape index (κ1) is 14.6. The molecule has 7 heteroatoms. The first-order chi connectivity index (χ1) is 12.7. The van der Waals surface area contributed by atoms with E-state index in [0.29, 0.717) is 16.9 Å². The zero-order chi connectivity index (χ0) is 17.7. The van der Waals surface area contributed by atoms with Crippen molar-refractivity contribution in [3.63, 3.8) is 0 Å². The zero-order valence-electron chi connectivity index (χ0n) is 13.5. The molecule has 0 unspecified atom stereocenters. The number of carboxylic acid groups (broad SMARTS) is 1. The number of hydrogen-bond donors (Lipinski definition) is 0. The van der Waals surface area contributed by atoms with Gasteiger partial charge in [0.15, 0.2) is 5.65 Å². The SMILES string of the molecule is O=C([O-])Cn1c2ccccc2c2nn3cc(-c4ccccc4)nc3nc21. The molecule has 126 valence electrons. The Morgan fingerprint density at radius 2 is 1.77 bits per heavy atom. The molecule has 0 aliphatic carbocycles. The highest BCUT2D eigenvalue weighted by atomic mass is 16.4. The van der Waals surface area contributed by atoms with Crippen LogP contribution < -0.4 is 5.11 Å². The molecule has 0 amide bonds. The molecule has 0 saturated heterocycles. The van der Waals surface area contributed by atoms with Crippen molar-refractivity contribution in [3.8, 4) is 11.3 Å². The van der Waals surface area contributed by atoms with Gasteiger partial charge in [-0.25, -0.2) is 9.50 Å². The van der Waals surface area contributed by atoms with E-state index in [4.69, 9.17) is 0 Å². The van der Waals surface area contributed by atoms with Gasteiger partial charge in [0, 0.05) is 10.9 Å². The number of aromatic nitrogens is 5. The Balaban J connectivity index is 1.82. The standard InChI is InChI=1S/C19H13N5O2/c25-16(26)11-23-15-9-5-4-8-13(15)17-18(23)21-19-20-14(10-24(19)22-17)12-6-2-1-3-7-12/h1-10H,11H2,(H,25,26)/p-1. The van der Waals surface area contributed by atoms with E-state index >= 15 is 0 Å². The minimum Gasteiger partial charge on any atom is -0.548 e. The predicted molar refractivity (Wildman–Crippen MR) is 94.2 cm³/mol. The molecule has 0 atom stereocenters. The summed E-state index contributed by atoms with van der Waals surface area (Å²) in [6.45, 7) is -0.291. The number of hydrogen-bond acceptors (Lipinski definition) is 5.